The van der Waals surface area contributed by atoms with Gasteiger partial charge in [-0.05, 0) is 35.4 Å². The van der Waals surface area contributed by atoms with Gasteiger partial charge in [0.25, 0.3) is 0 Å². The van der Waals surface area contributed by atoms with Crippen molar-refractivity contribution >= 4 is 23.2 Å². The molecule has 0 aliphatic rings. The number of amides is 1. The van der Waals surface area contributed by atoms with Gasteiger partial charge >= 0.3 is 0 Å². The maximum atomic E-state index is 13.0. The molecule has 2 aromatic rings. The number of rotatable bonds is 5. The number of halogens is 2. The van der Waals surface area contributed by atoms with Crippen LogP contribution in [0.3, 0.4) is 0 Å². The lowest BCUT2D eigenvalue weighted by molar-refractivity contribution is -0.117. The van der Waals surface area contributed by atoms with E-state index in [1.807, 2.05) is 24.3 Å². The summed E-state index contributed by atoms with van der Waals surface area (Å²) >= 11 is 5.72. The Morgan fingerprint density at radius 1 is 1.15 bits per heavy atom. The van der Waals surface area contributed by atoms with Gasteiger partial charge in [-0.3, -0.25) is 4.79 Å². The van der Waals surface area contributed by atoms with Crippen LogP contribution in [0.4, 0.5) is 10.1 Å². The fraction of sp³-hybridized carbons (Fsp3) is 0.133. The monoisotopic (exact) mass is 292 g/mol. The van der Waals surface area contributed by atoms with Gasteiger partial charge < -0.3 is 11.1 Å². The van der Waals surface area contributed by atoms with Crippen molar-refractivity contribution in [2.75, 3.05) is 5.32 Å². The van der Waals surface area contributed by atoms with Gasteiger partial charge in [0.15, 0.2) is 0 Å². The molecule has 2 rings (SSSR count). The Balaban J connectivity index is 1.96. The van der Waals surface area contributed by atoms with E-state index in [9.17, 15) is 9.18 Å². The van der Waals surface area contributed by atoms with Crippen LogP contribution in [0, 0.1) is 5.82 Å². The zero-order valence-corrected chi connectivity index (χ0v) is 11.5. The molecule has 1 amide bonds. The predicted octanol–water partition coefficient (Wildman–Crippen LogP) is 3.12. The van der Waals surface area contributed by atoms with Crippen molar-refractivity contribution in [2.45, 2.75) is 13.0 Å². The largest absolute Gasteiger partial charge is 0.381 e. The highest BCUT2D eigenvalue weighted by Crippen LogP contribution is 2.17. The van der Waals surface area contributed by atoms with E-state index >= 15 is 0 Å². The lowest BCUT2D eigenvalue weighted by Crippen LogP contribution is -2.13. The van der Waals surface area contributed by atoms with E-state index < -0.39 is 5.82 Å². The highest BCUT2D eigenvalue weighted by atomic mass is 35.5. The van der Waals surface area contributed by atoms with Crippen LogP contribution in [-0.4, -0.2) is 5.91 Å². The summed E-state index contributed by atoms with van der Waals surface area (Å²) < 4.78 is 13.0. The highest BCUT2D eigenvalue weighted by Gasteiger charge is 2.02. The molecule has 0 aliphatic heterocycles. The first-order chi connectivity index (χ1) is 9.54. The number of carbonyl (C=O) groups is 1. The number of anilines is 1. The van der Waals surface area contributed by atoms with Gasteiger partial charge in [-0.2, -0.15) is 0 Å². The van der Waals surface area contributed by atoms with Gasteiger partial charge in [0.2, 0.25) is 5.91 Å². The maximum absolute atomic E-state index is 13.0. The summed E-state index contributed by atoms with van der Waals surface area (Å²) in [6, 6.07) is 12.0. The fourth-order valence-corrected chi connectivity index (χ4v) is 2.00. The van der Waals surface area contributed by atoms with Crippen molar-refractivity contribution in [1.82, 2.24) is 0 Å². The molecular formula is C15H14ClFN2O. The number of carbonyl (C=O) groups excluding carboxylic acids is 1. The second-order valence-corrected chi connectivity index (χ2v) is 4.85. The zero-order valence-electron chi connectivity index (χ0n) is 10.7. The quantitative estimate of drug-likeness (QED) is 0.889. The van der Waals surface area contributed by atoms with Crippen LogP contribution in [0.5, 0.6) is 0 Å². The van der Waals surface area contributed by atoms with Crippen LogP contribution in [0.1, 0.15) is 11.1 Å². The second kappa shape index (κ2) is 6.39. The van der Waals surface area contributed by atoms with Crippen LogP contribution in [0.15, 0.2) is 42.5 Å². The topological polar surface area (TPSA) is 55.1 Å². The Bertz CT molecular complexity index is 614. The lowest BCUT2D eigenvalue weighted by Gasteiger charge is -2.08. The molecule has 0 bridgehead atoms. The van der Waals surface area contributed by atoms with E-state index in [-0.39, 0.29) is 17.4 Å². The van der Waals surface area contributed by atoms with Gasteiger partial charge in [0.05, 0.1) is 11.4 Å². The Morgan fingerprint density at radius 3 is 2.40 bits per heavy atom. The van der Waals surface area contributed by atoms with Gasteiger partial charge in [-0.1, -0.05) is 29.8 Å². The fourth-order valence-electron chi connectivity index (χ4n) is 1.80. The molecule has 0 heterocycles. The summed E-state index contributed by atoms with van der Waals surface area (Å²) in [5.74, 6) is -0.780. The number of benzene rings is 2. The molecule has 0 fully saturated rings. The van der Waals surface area contributed by atoms with E-state index in [1.165, 1.54) is 6.07 Å². The van der Waals surface area contributed by atoms with Crippen molar-refractivity contribution < 1.29 is 9.18 Å². The number of hydrogen-bond acceptors (Lipinski definition) is 2. The molecule has 3 nitrogen and oxygen atoms in total. The SMILES string of the molecule is NC(=O)Cc1ccc(NCc2ccc(F)c(Cl)c2)cc1. The average Bonchev–Trinajstić information content (AvgIpc) is 2.41. The highest BCUT2D eigenvalue weighted by molar-refractivity contribution is 6.30. The normalized spacial score (nSPS) is 10.3. The molecule has 0 saturated heterocycles. The minimum Gasteiger partial charge on any atom is -0.381 e. The summed E-state index contributed by atoms with van der Waals surface area (Å²) in [6.07, 6.45) is 0.230. The van der Waals surface area contributed by atoms with Crippen LogP contribution in [0.25, 0.3) is 0 Å². The molecule has 0 atom stereocenters. The van der Waals surface area contributed by atoms with E-state index in [1.54, 1.807) is 12.1 Å². The number of nitrogens with one attached hydrogen (secondary N) is 1. The maximum Gasteiger partial charge on any atom is 0.221 e. The van der Waals surface area contributed by atoms with Crippen molar-refractivity contribution in [3.8, 4) is 0 Å². The number of nitrogens with two attached hydrogens (primary N) is 1. The van der Waals surface area contributed by atoms with Gasteiger partial charge in [-0.25, -0.2) is 4.39 Å². The van der Waals surface area contributed by atoms with Crippen LogP contribution >= 0.6 is 11.6 Å². The first kappa shape index (κ1) is 14.3. The van der Waals surface area contributed by atoms with E-state index in [4.69, 9.17) is 17.3 Å². The van der Waals surface area contributed by atoms with E-state index in [2.05, 4.69) is 5.32 Å². The standard InChI is InChI=1S/C15H14ClFN2O/c16-13-7-11(3-6-14(13)17)9-19-12-4-1-10(2-5-12)8-15(18)20/h1-7,19H,8-9H2,(H2,18,20). The summed E-state index contributed by atoms with van der Waals surface area (Å²) in [5, 5.41) is 3.30. The van der Waals surface area contributed by atoms with Crippen molar-refractivity contribution in [1.29, 1.82) is 0 Å². The third-order valence-corrected chi connectivity index (χ3v) is 3.10. The summed E-state index contributed by atoms with van der Waals surface area (Å²) in [7, 11) is 0. The smallest absolute Gasteiger partial charge is 0.221 e. The molecule has 0 aromatic heterocycles. The molecule has 2 aromatic carbocycles. The molecule has 3 N–H and O–H groups in total. The molecule has 0 aliphatic carbocycles. The van der Waals surface area contributed by atoms with Crippen molar-refractivity contribution in [3.63, 3.8) is 0 Å². The third-order valence-electron chi connectivity index (χ3n) is 2.81. The molecule has 0 radical (unpaired) electrons. The lowest BCUT2D eigenvalue weighted by atomic mass is 10.1. The number of primary amides is 1. The molecule has 20 heavy (non-hydrogen) atoms. The minimum absolute atomic E-state index is 0.112. The zero-order chi connectivity index (χ0) is 14.5. The predicted molar refractivity (Wildman–Crippen MR) is 78.1 cm³/mol. The summed E-state index contributed by atoms with van der Waals surface area (Å²) in [5.41, 5.74) is 7.78. The van der Waals surface area contributed by atoms with Crippen LogP contribution in [0.2, 0.25) is 5.02 Å². The third kappa shape index (κ3) is 3.96. The average molecular weight is 293 g/mol. The van der Waals surface area contributed by atoms with Crippen LogP contribution in [-0.2, 0) is 17.8 Å². The molecule has 0 saturated carbocycles. The Labute approximate surface area is 121 Å². The van der Waals surface area contributed by atoms with E-state index in [0.29, 0.717) is 6.54 Å². The minimum atomic E-state index is -0.425. The summed E-state index contributed by atoms with van der Waals surface area (Å²) in [6.45, 7) is 0.537. The molecule has 0 spiro atoms. The van der Waals surface area contributed by atoms with Crippen LogP contribution < -0.4 is 11.1 Å². The Kier molecular flexibility index (Phi) is 4.58. The Morgan fingerprint density at radius 2 is 1.80 bits per heavy atom. The number of hydrogen-bond donors (Lipinski definition) is 2. The van der Waals surface area contributed by atoms with E-state index in [0.717, 1.165) is 16.8 Å². The Hall–Kier alpha value is -2.07. The van der Waals surface area contributed by atoms with Crippen molar-refractivity contribution in [3.05, 3.63) is 64.4 Å². The van der Waals surface area contributed by atoms with Crippen molar-refractivity contribution in [2.24, 2.45) is 5.73 Å². The first-order valence-corrected chi connectivity index (χ1v) is 6.47. The molecule has 5 heteroatoms. The molecule has 0 unspecified atom stereocenters. The van der Waals surface area contributed by atoms with Gasteiger partial charge in [-0.15, -0.1) is 0 Å². The van der Waals surface area contributed by atoms with Gasteiger partial charge in [0, 0.05) is 12.2 Å². The van der Waals surface area contributed by atoms with Gasteiger partial charge in [0.1, 0.15) is 5.82 Å². The first-order valence-electron chi connectivity index (χ1n) is 6.09. The molecule has 104 valence electrons. The molecular weight excluding hydrogens is 279 g/mol. The summed E-state index contributed by atoms with van der Waals surface area (Å²) in [4.78, 5) is 10.8. The second-order valence-electron chi connectivity index (χ2n) is 4.44.